The van der Waals surface area contributed by atoms with Crippen molar-refractivity contribution in [3.63, 3.8) is 0 Å². The van der Waals surface area contributed by atoms with Crippen molar-refractivity contribution in [3.05, 3.63) is 45.7 Å². The molecule has 1 aromatic carbocycles. The van der Waals surface area contributed by atoms with Gasteiger partial charge in [-0.15, -0.1) is 0 Å². The van der Waals surface area contributed by atoms with Crippen molar-refractivity contribution < 1.29 is 4.79 Å². The average Bonchev–Trinajstić information content (AvgIpc) is 2.54. The Balaban J connectivity index is 2.09. The minimum absolute atomic E-state index is 0.249. The molecule has 0 aliphatic carbocycles. The highest BCUT2D eigenvalue weighted by molar-refractivity contribution is 6.40. The van der Waals surface area contributed by atoms with Gasteiger partial charge in [-0.2, -0.15) is 0 Å². The Morgan fingerprint density at radius 1 is 1.20 bits per heavy atom. The standard InChI is InChI=1S/C17H21Cl2N5O/c1-11-10-14(22-17(21-11)20-8-5-9-24(2)3)16(25)23-15-12(18)6-4-7-13(15)19/h4,6-7,10H,5,8-9H2,1-3H3,(H,23,25)(H,20,21,22). The summed E-state index contributed by atoms with van der Waals surface area (Å²) in [4.78, 5) is 23.2. The fourth-order valence-electron chi connectivity index (χ4n) is 2.15. The summed E-state index contributed by atoms with van der Waals surface area (Å²) in [6.07, 6.45) is 0.945. The SMILES string of the molecule is Cc1cc(C(=O)Nc2c(Cl)cccc2Cl)nc(NCCCN(C)C)n1. The van der Waals surface area contributed by atoms with Crippen molar-refractivity contribution in [2.45, 2.75) is 13.3 Å². The van der Waals surface area contributed by atoms with Crippen LogP contribution < -0.4 is 10.6 Å². The van der Waals surface area contributed by atoms with Gasteiger partial charge in [0.1, 0.15) is 5.69 Å². The predicted molar refractivity (Wildman–Crippen MR) is 103 cm³/mol. The first-order valence-electron chi connectivity index (χ1n) is 7.86. The van der Waals surface area contributed by atoms with E-state index in [2.05, 4.69) is 25.5 Å². The van der Waals surface area contributed by atoms with E-state index < -0.39 is 5.91 Å². The maximum atomic E-state index is 12.5. The first-order valence-corrected chi connectivity index (χ1v) is 8.62. The lowest BCUT2D eigenvalue weighted by molar-refractivity contribution is 0.102. The highest BCUT2D eigenvalue weighted by Gasteiger charge is 2.14. The number of nitrogens with zero attached hydrogens (tertiary/aromatic N) is 3. The summed E-state index contributed by atoms with van der Waals surface area (Å²) in [7, 11) is 4.04. The largest absolute Gasteiger partial charge is 0.354 e. The first kappa shape index (κ1) is 19.4. The van der Waals surface area contributed by atoms with E-state index in [9.17, 15) is 4.79 Å². The number of carbonyl (C=O) groups excluding carboxylic acids is 1. The lowest BCUT2D eigenvalue weighted by Crippen LogP contribution is -2.19. The maximum absolute atomic E-state index is 12.5. The molecule has 2 N–H and O–H groups in total. The first-order chi connectivity index (χ1) is 11.9. The second kappa shape index (κ2) is 8.99. The molecule has 0 bridgehead atoms. The van der Waals surface area contributed by atoms with E-state index in [4.69, 9.17) is 23.2 Å². The molecule has 0 saturated heterocycles. The van der Waals surface area contributed by atoms with Gasteiger partial charge in [0, 0.05) is 12.2 Å². The van der Waals surface area contributed by atoms with Crippen LogP contribution in [0.5, 0.6) is 0 Å². The summed E-state index contributed by atoms with van der Waals surface area (Å²) >= 11 is 12.2. The molecule has 1 aromatic heterocycles. The second-order valence-electron chi connectivity index (χ2n) is 5.85. The third-order valence-corrected chi connectivity index (χ3v) is 3.98. The molecule has 0 aliphatic heterocycles. The lowest BCUT2D eigenvalue weighted by Gasteiger charge is -2.12. The minimum Gasteiger partial charge on any atom is -0.354 e. The van der Waals surface area contributed by atoms with Crippen LogP contribution in [0.4, 0.5) is 11.6 Å². The number of amides is 1. The van der Waals surface area contributed by atoms with Gasteiger partial charge >= 0.3 is 0 Å². The molecule has 6 nitrogen and oxygen atoms in total. The fraction of sp³-hybridized carbons (Fsp3) is 0.353. The Bertz CT molecular complexity index is 732. The van der Waals surface area contributed by atoms with Gasteiger partial charge in [0.25, 0.3) is 5.91 Å². The lowest BCUT2D eigenvalue weighted by atomic mass is 10.2. The third-order valence-electron chi connectivity index (χ3n) is 3.35. The number of carbonyl (C=O) groups is 1. The summed E-state index contributed by atoms with van der Waals surface area (Å²) in [5.41, 5.74) is 1.31. The number of aromatic nitrogens is 2. The number of hydrogen-bond acceptors (Lipinski definition) is 5. The number of nitrogens with one attached hydrogen (secondary N) is 2. The van der Waals surface area contributed by atoms with E-state index in [0.717, 1.165) is 19.5 Å². The molecule has 0 aliphatic rings. The molecular weight excluding hydrogens is 361 g/mol. The monoisotopic (exact) mass is 381 g/mol. The Morgan fingerprint density at radius 2 is 1.88 bits per heavy atom. The van der Waals surface area contributed by atoms with Crippen LogP contribution in [0, 0.1) is 6.92 Å². The van der Waals surface area contributed by atoms with Gasteiger partial charge in [-0.05, 0) is 52.2 Å². The number of benzene rings is 1. The van der Waals surface area contributed by atoms with Crippen LogP contribution >= 0.6 is 23.2 Å². The highest BCUT2D eigenvalue weighted by Crippen LogP contribution is 2.30. The fourth-order valence-corrected chi connectivity index (χ4v) is 2.65. The molecule has 134 valence electrons. The zero-order chi connectivity index (χ0) is 18.4. The summed E-state index contributed by atoms with van der Waals surface area (Å²) in [5, 5.41) is 6.58. The average molecular weight is 382 g/mol. The second-order valence-corrected chi connectivity index (χ2v) is 6.67. The molecule has 0 unspecified atom stereocenters. The van der Waals surface area contributed by atoms with Crippen molar-refractivity contribution >= 4 is 40.7 Å². The smallest absolute Gasteiger partial charge is 0.274 e. The third kappa shape index (κ3) is 5.85. The van der Waals surface area contributed by atoms with E-state index >= 15 is 0 Å². The number of halogens is 2. The van der Waals surface area contributed by atoms with Gasteiger partial charge in [0.15, 0.2) is 0 Å². The van der Waals surface area contributed by atoms with Gasteiger partial charge in [0.2, 0.25) is 5.95 Å². The normalized spacial score (nSPS) is 10.8. The van der Waals surface area contributed by atoms with Crippen molar-refractivity contribution in [1.29, 1.82) is 0 Å². The quantitative estimate of drug-likeness (QED) is 0.715. The van der Waals surface area contributed by atoms with Gasteiger partial charge in [-0.3, -0.25) is 4.79 Å². The number of rotatable bonds is 7. The van der Waals surface area contributed by atoms with E-state index in [1.807, 2.05) is 21.0 Å². The summed E-state index contributed by atoms with van der Waals surface area (Å²) in [5.74, 6) is 0.0333. The zero-order valence-corrected chi connectivity index (χ0v) is 15.9. The van der Waals surface area contributed by atoms with Crippen molar-refractivity contribution in [2.24, 2.45) is 0 Å². The van der Waals surface area contributed by atoms with Crippen LogP contribution in [0.15, 0.2) is 24.3 Å². The van der Waals surface area contributed by atoms with Crippen LogP contribution in [0.2, 0.25) is 10.0 Å². The molecule has 8 heteroatoms. The Morgan fingerprint density at radius 3 is 2.52 bits per heavy atom. The van der Waals surface area contributed by atoms with Crippen LogP contribution in [-0.4, -0.2) is 48.0 Å². The van der Waals surface area contributed by atoms with E-state index in [1.54, 1.807) is 24.3 Å². The number of para-hydroxylation sites is 1. The molecule has 0 radical (unpaired) electrons. The van der Waals surface area contributed by atoms with Gasteiger partial charge in [0.05, 0.1) is 15.7 Å². The molecule has 0 fully saturated rings. The van der Waals surface area contributed by atoms with E-state index in [1.165, 1.54) is 0 Å². The molecule has 2 rings (SSSR count). The molecule has 1 amide bonds. The summed E-state index contributed by atoms with van der Waals surface area (Å²) in [6.45, 7) is 3.49. The molecule has 0 saturated carbocycles. The molecule has 25 heavy (non-hydrogen) atoms. The van der Waals surface area contributed by atoms with Crippen molar-refractivity contribution in [1.82, 2.24) is 14.9 Å². The Kier molecular flexibility index (Phi) is 6.99. The van der Waals surface area contributed by atoms with E-state index in [0.29, 0.717) is 27.4 Å². The van der Waals surface area contributed by atoms with Crippen LogP contribution in [0.3, 0.4) is 0 Å². The summed E-state index contributed by atoms with van der Waals surface area (Å²) < 4.78 is 0. The Labute approximate surface area is 157 Å². The topological polar surface area (TPSA) is 70.2 Å². The van der Waals surface area contributed by atoms with Crippen molar-refractivity contribution in [3.8, 4) is 0 Å². The van der Waals surface area contributed by atoms with Crippen LogP contribution in [-0.2, 0) is 0 Å². The minimum atomic E-state index is -0.392. The highest BCUT2D eigenvalue weighted by atomic mass is 35.5. The molecule has 2 aromatic rings. The number of anilines is 2. The van der Waals surface area contributed by atoms with Crippen LogP contribution in [0.1, 0.15) is 22.6 Å². The predicted octanol–water partition coefficient (Wildman–Crippen LogP) is 3.71. The molecule has 0 spiro atoms. The number of hydrogen-bond donors (Lipinski definition) is 2. The molecule has 0 atom stereocenters. The van der Waals surface area contributed by atoms with Gasteiger partial charge < -0.3 is 15.5 Å². The van der Waals surface area contributed by atoms with Crippen LogP contribution in [0.25, 0.3) is 0 Å². The molecular formula is C17H21Cl2N5O. The van der Waals surface area contributed by atoms with E-state index in [-0.39, 0.29) is 5.69 Å². The maximum Gasteiger partial charge on any atom is 0.274 e. The molecule has 1 heterocycles. The summed E-state index contributed by atoms with van der Waals surface area (Å²) in [6, 6.07) is 6.65. The Hall–Kier alpha value is -1.89. The van der Waals surface area contributed by atoms with Gasteiger partial charge in [-0.25, -0.2) is 9.97 Å². The van der Waals surface area contributed by atoms with Gasteiger partial charge in [-0.1, -0.05) is 29.3 Å². The zero-order valence-electron chi connectivity index (χ0n) is 14.4. The van der Waals surface area contributed by atoms with Crippen molar-refractivity contribution in [2.75, 3.05) is 37.8 Å². The number of aryl methyl sites for hydroxylation is 1.